The summed E-state index contributed by atoms with van der Waals surface area (Å²) in [6.45, 7) is 6.19. The van der Waals surface area contributed by atoms with Crippen LogP contribution in [0.5, 0.6) is 0 Å². The fourth-order valence-electron chi connectivity index (χ4n) is 3.09. The molecule has 1 N–H and O–H groups in total. The molecular weight excluding hydrogens is 346 g/mol. The molecule has 3 amide bonds. The molecule has 1 heterocycles. The van der Waals surface area contributed by atoms with Crippen molar-refractivity contribution in [3.8, 4) is 0 Å². The van der Waals surface area contributed by atoms with Crippen molar-refractivity contribution in [1.29, 1.82) is 0 Å². The van der Waals surface area contributed by atoms with Crippen LogP contribution in [0.4, 0.5) is 0 Å². The molecule has 148 valence electrons. The van der Waals surface area contributed by atoms with Gasteiger partial charge in [-0.05, 0) is 26.3 Å². The Hall–Kier alpha value is -2.41. The lowest BCUT2D eigenvalue weighted by molar-refractivity contribution is -0.157. The van der Waals surface area contributed by atoms with Gasteiger partial charge in [0.25, 0.3) is 0 Å². The van der Waals surface area contributed by atoms with Crippen molar-refractivity contribution in [1.82, 2.24) is 15.1 Å². The van der Waals surface area contributed by atoms with Crippen molar-refractivity contribution < 1.29 is 19.1 Å². The number of rotatable bonds is 7. The van der Waals surface area contributed by atoms with Gasteiger partial charge in [-0.3, -0.25) is 14.4 Å². The minimum atomic E-state index is -0.698. The number of piperazine rings is 1. The number of ether oxygens (including phenoxy) is 1. The van der Waals surface area contributed by atoms with E-state index in [-0.39, 0.29) is 30.8 Å². The van der Waals surface area contributed by atoms with Crippen LogP contribution < -0.4 is 5.32 Å². The van der Waals surface area contributed by atoms with E-state index < -0.39 is 11.6 Å². The van der Waals surface area contributed by atoms with Gasteiger partial charge in [-0.2, -0.15) is 0 Å². The predicted octanol–water partition coefficient (Wildman–Crippen LogP) is 0.830. The van der Waals surface area contributed by atoms with E-state index in [1.165, 1.54) is 9.80 Å². The summed E-state index contributed by atoms with van der Waals surface area (Å²) in [4.78, 5) is 41.0. The summed E-state index contributed by atoms with van der Waals surface area (Å²) in [6.07, 6.45) is 0.373. The zero-order chi connectivity index (χ0) is 20.0. The lowest BCUT2D eigenvalue weighted by atomic mass is 10.0. The second-order valence-corrected chi connectivity index (χ2v) is 7.78. The van der Waals surface area contributed by atoms with Crippen LogP contribution in [-0.2, 0) is 25.5 Å². The Bertz CT molecular complexity index is 670. The summed E-state index contributed by atoms with van der Waals surface area (Å²) < 4.78 is 5.05. The van der Waals surface area contributed by atoms with Crippen molar-refractivity contribution in [3.05, 3.63) is 35.9 Å². The van der Waals surface area contributed by atoms with Crippen LogP contribution in [0.15, 0.2) is 30.3 Å². The zero-order valence-corrected chi connectivity index (χ0v) is 16.5. The molecule has 0 saturated carbocycles. The van der Waals surface area contributed by atoms with Crippen LogP contribution in [0.25, 0.3) is 0 Å². The Balaban J connectivity index is 2.21. The van der Waals surface area contributed by atoms with Crippen LogP contribution in [0.3, 0.4) is 0 Å². The first-order chi connectivity index (χ1) is 12.7. The molecule has 0 radical (unpaired) electrons. The lowest BCUT2D eigenvalue weighted by Gasteiger charge is -2.40. The molecule has 1 aliphatic heterocycles. The van der Waals surface area contributed by atoms with Gasteiger partial charge >= 0.3 is 0 Å². The van der Waals surface area contributed by atoms with Crippen molar-refractivity contribution in [2.75, 3.05) is 33.4 Å². The standard InChI is InChI=1S/C20H29N3O4/c1-20(2,3)21-17(24)13-23-16(12-15-8-6-5-7-9-15)19(26)22(10-11-27-4)14-18(23)25/h5-9,16H,10-14H2,1-4H3,(H,21,24)/t16-/m1/s1. The van der Waals surface area contributed by atoms with Crippen molar-refractivity contribution in [3.63, 3.8) is 0 Å². The van der Waals surface area contributed by atoms with Gasteiger partial charge in [-0.25, -0.2) is 0 Å². The first-order valence-electron chi connectivity index (χ1n) is 9.13. The first-order valence-corrected chi connectivity index (χ1v) is 9.13. The summed E-state index contributed by atoms with van der Waals surface area (Å²) in [5.41, 5.74) is 0.540. The van der Waals surface area contributed by atoms with Gasteiger partial charge in [-0.15, -0.1) is 0 Å². The number of nitrogens with one attached hydrogen (secondary N) is 1. The maximum Gasteiger partial charge on any atom is 0.246 e. The summed E-state index contributed by atoms with van der Waals surface area (Å²) in [6, 6.07) is 8.82. The van der Waals surface area contributed by atoms with E-state index in [1.54, 1.807) is 7.11 Å². The Kier molecular flexibility index (Phi) is 6.96. The molecule has 0 aliphatic carbocycles. The zero-order valence-electron chi connectivity index (χ0n) is 16.5. The monoisotopic (exact) mass is 375 g/mol. The minimum Gasteiger partial charge on any atom is -0.383 e. The fourth-order valence-corrected chi connectivity index (χ4v) is 3.09. The van der Waals surface area contributed by atoms with Crippen LogP contribution in [-0.4, -0.2) is 72.5 Å². The molecule has 1 aromatic rings. The highest BCUT2D eigenvalue weighted by Gasteiger charge is 2.40. The molecule has 1 saturated heterocycles. The van der Waals surface area contributed by atoms with E-state index in [0.717, 1.165) is 5.56 Å². The third kappa shape index (κ3) is 6.06. The fraction of sp³-hybridized carbons (Fsp3) is 0.550. The van der Waals surface area contributed by atoms with Gasteiger partial charge in [0.1, 0.15) is 12.6 Å². The normalized spacial score (nSPS) is 18.0. The van der Waals surface area contributed by atoms with E-state index >= 15 is 0 Å². The number of hydrogen-bond acceptors (Lipinski definition) is 4. The molecule has 7 heteroatoms. The molecule has 1 aromatic carbocycles. The number of carbonyl (C=O) groups is 3. The average Bonchev–Trinajstić information content (AvgIpc) is 2.59. The molecule has 1 aliphatic rings. The third-order valence-corrected chi connectivity index (χ3v) is 4.28. The molecule has 0 bridgehead atoms. The van der Waals surface area contributed by atoms with Gasteiger partial charge in [0.2, 0.25) is 17.7 Å². The molecule has 1 fully saturated rings. The minimum absolute atomic E-state index is 0.0315. The SMILES string of the molecule is COCCN1CC(=O)N(CC(=O)NC(C)(C)C)[C@H](Cc2ccccc2)C1=O. The summed E-state index contributed by atoms with van der Waals surface area (Å²) in [5, 5.41) is 2.85. The molecule has 27 heavy (non-hydrogen) atoms. The third-order valence-electron chi connectivity index (χ3n) is 4.28. The van der Waals surface area contributed by atoms with E-state index in [4.69, 9.17) is 4.74 Å². The van der Waals surface area contributed by atoms with Crippen molar-refractivity contribution in [2.24, 2.45) is 0 Å². The number of amides is 3. The van der Waals surface area contributed by atoms with Gasteiger partial charge in [-0.1, -0.05) is 30.3 Å². The smallest absolute Gasteiger partial charge is 0.246 e. The molecule has 0 aromatic heterocycles. The van der Waals surface area contributed by atoms with Crippen molar-refractivity contribution in [2.45, 2.75) is 38.8 Å². The molecule has 1 atom stereocenters. The number of carbonyl (C=O) groups excluding carboxylic acids is 3. The number of benzene rings is 1. The van der Waals surface area contributed by atoms with E-state index in [9.17, 15) is 14.4 Å². The predicted molar refractivity (Wildman–Crippen MR) is 102 cm³/mol. The van der Waals surface area contributed by atoms with Gasteiger partial charge in [0.15, 0.2) is 0 Å². The average molecular weight is 375 g/mol. The van der Waals surface area contributed by atoms with Gasteiger partial charge in [0, 0.05) is 25.6 Å². The summed E-state index contributed by atoms with van der Waals surface area (Å²) in [5.74, 6) is -0.651. The summed E-state index contributed by atoms with van der Waals surface area (Å²) >= 11 is 0. The van der Waals surface area contributed by atoms with Gasteiger partial charge < -0.3 is 19.9 Å². The Labute approximate surface area is 160 Å². The number of methoxy groups -OCH3 is 1. The largest absolute Gasteiger partial charge is 0.383 e. The number of nitrogens with zero attached hydrogens (tertiary/aromatic N) is 2. The van der Waals surface area contributed by atoms with Gasteiger partial charge in [0.05, 0.1) is 13.2 Å². The highest BCUT2D eigenvalue weighted by Crippen LogP contribution is 2.17. The second kappa shape index (κ2) is 8.99. The molecule has 0 spiro atoms. The maximum atomic E-state index is 13.0. The molecule has 0 unspecified atom stereocenters. The van der Waals surface area contributed by atoms with E-state index in [0.29, 0.717) is 19.6 Å². The van der Waals surface area contributed by atoms with Crippen LogP contribution >= 0.6 is 0 Å². The quantitative estimate of drug-likeness (QED) is 0.766. The summed E-state index contributed by atoms with van der Waals surface area (Å²) in [7, 11) is 1.56. The van der Waals surface area contributed by atoms with Crippen LogP contribution in [0.1, 0.15) is 26.3 Å². The highest BCUT2D eigenvalue weighted by molar-refractivity contribution is 5.97. The van der Waals surface area contributed by atoms with Crippen LogP contribution in [0, 0.1) is 0 Å². The van der Waals surface area contributed by atoms with E-state index in [1.807, 2.05) is 51.1 Å². The lowest BCUT2D eigenvalue weighted by Crippen LogP contribution is -2.63. The Morgan fingerprint density at radius 1 is 1.22 bits per heavy atom. The molecule has 7 nitrogen and oxygen atoms in total. The second-order valence-electron chi connectivity index (χ2n) is 7.78. The molecule has 2 rings (SSSR count). The first kappa shape index (κ1) is 20.9. The molecular formula is C20H29N3O4. The Morgan fingerprint density at radius 3 is 2.48 bits per heavy atom. The Morgan fingerprint density at radius 2 is 1.89 bits per heavy atom. The van der Waals surface area contributed by atoms with E-state index in [2.05, 4.69) is 5.32 Å². The highest BCUT2D eigenvalue weighted by atomic mass is 16.5. The topological polar surface area (TPSA) is 79.0 Å². The maximum absolute atomic E-state index is 13.0. The van der Waals surface area contributed by atoms with Crippen molar-refractivity contribution >= 4 is 17.7 Å². The number of hydrogen-bond donors (Lipinski definition) is 1. The van der Waals surface area contributed by atoms with Crippen LogP contribution in [0.2, 0.25) is 0 Å².